The third kappa shape index (κ3) is 4.25. The molecular formula is C20H21N3O3S. The van der Waals surface area contributed by atoms with Gasteiger partial charge in [-0.2, -0.15) is 0 Å². The Balaban J connectivity index is 1.98. The van der Waals surface area contributed by atoms with Crippen LogP contribution in [0.4, 0.5) is 5.13 Å². The van der Waals surface area contributed by atoms with Gasteiger partial charge in [-0.15, -0.1) is 11.3 Å². The first-order valence-corrected chi connectivity index (χ1v) is 9.41. The molecule has 1 N–H and O–H groups in total. The summed E-state index contributed by atoms with van der Waals surface area (Å²) in [5, 5.41) is 3.42. The van der Waals surface area contributed by atoms with Crippen molar-refractivity contribution in [1.29, 1.82) is 0 Å². The molecule has 2 aromatic heterocycles. The fraction of sp³-hybridized carbons (Fsp3) is 0.250. The highest BCUT2D eigenvalue weighted by atomic mass is 32.1. The molecule has 0 unspecified atom stereocenters. The summed E-state index contributed by atoms with van der Waals surface area (Å²) >= 11 is 1.47. The molecule has 0 aliphatic heterocycles. The third-order valence-electron chi connectivity index (χ3n) is 3.98. The number of carbonyl (C=O) groups excluding carboxylic acids is 1. The number of methoxy groups -OCH3 is 2. The minimum absolute atomic E-state index is 0.232. The summed E-state index contributed by atoms with van der Waals surface area (Å²) in [6.45, 7) is 2.11. The number of pyridine rings is 1. The van der Waals surface area contributed by atoms with Crippen molar-refractivity contribution in [2.75, 3.05) is 19.5 Å². The van der Waals surface area contributed by atoms with Crippen molar-refractivity contribution in [2.24, 2.45) is 0 Å². The molecular weight excluding hydrogens is 362 g/mol. The van der Waals surface area contributed by atoms with Gasteiger partial charge in [0.25, 0.3) is 5.91 Å². The molecule has 1 amide bonds. The Kier molecular flexibility index (Phi) is 6.03. The van der Waals surface area contributed by atoms with Crippen LogP contribution in [0.2, 0.25) is 0 Å². The lowest BCUT2D eigenvalue weighted by atomic mass is 10.1. The Bertz CT molecular complexity index is 925. The van der Waals surface area contributed by atoms with Gasteiger partial charge in [0.15, 0.2) is 5.13 Å². The lowest BCUT2D eigenvalue weighted by Gasteiger charge is -2.10. The van der Waals surface area contributed by atoms with E-state index in [1.807, 2.05) is 18.2 Å². The zero-order valence-corrected chi connectivity index (χ0v) is 16.3. The Hall–Kier alpha value is -2.93. The van der Waals surface area contributed by atoms with Crippen molar-refractivity contribution in [3.05, 3.63) is 53.2 Å². The SMILES string of the molecule is CCCc1sc(NC(=O)c2cccnc2)nc1-c1cc(OC)ccc1OC. The van der Waals surface area contributed by atoms with Gasteiger partial charge in [0.05, 0.1) is 25.5 Å². The van der Waals surface area contributed by atoms with Gasteiger partial charge >= 0.3 is 0 Å². The minimum atomic E-state index is -0.232. The number of thiazole rings is 1. The predicted octanol–water partition coefficient (Wildman–Crippen LogP) is 4.43. The average molecular weight is 383 g/mol. The number of amides is 1. The Morgan fingerprint density at radius 3 is 2.74 bits per heavy atom. The van der Waals surface area contributed by atoms with Crippen molar-refractivity contribution in [1.82, 2.24) is 9.97 Å². The number of hydrogen-bond donors (Lipinski definition) is 1. The topological polar surface area (TPSA) is 73.3 Å². The van der Waals surface area contributed by atoms with E-state index >= 15 is 0 Å². The fourth-order valence-corrected chi connectivity index (χ4v) is 3.75. The molecule has 0 atom stereocenters. The quantitative estimate of drug-likeness (QED) is 0.653. The van der Waals surface area contributed by atoms with Crippen LogP contribution >= 0.6 is 11.3 Å². The van der Waals surface area contributed by atoms with Crippen LogP contribution in [0.25, 0.3) is 11.3 Å². The zero-order valence-electron chi connectivity index (χ0n) is 15.5. The van der Waals surface area contributed by atoms with Crippen molar-refractivity contribution in [2.45, 2.75) is 19.8 Å². The number of aromatic nitrogens is 2. The lowest BCUT2D eigenvalue weighted by molar-refractivity contribution is 0.102. The Labute approximate surface area is 162 Å². The summed E-state index contributed by atoms with van der Waals surface area (Å²) in [6, 6.07) is 9.05. The first-order valence-electron chi connectivity index (χ1n) is 8.59. The third-order valence-corrected chi connectivity index (χ3v) is 5.01. The lowest BCUT2D eigenvalue weighted by Crippen LogP contribution is -2.11. The van der Waals surface area contributed by atoms with Crippen LogP contribution < -0.4 is 14.8 Å². The van der Waals surface area contributed by atoms with Gasteiger partial charge in [-0.1, -0.05) is 13.3 Å². The van der Waals surface area contributed by atoms with E-state index < -0.39 is 0 Å². The number of carbonyl (C=O) groups is 1. The maximum absolute atomic E-state index is 12.4. The van der Waals surface area contributed by atoms with Crippen molar-refractivity contribution in [3.8, 4) is 22.8 Å². The molecule has 27 heavy (non-hydrogen) atoms. The molecule has 3 aromatic rings. The Morgan fingerprint density at radius 1 is 1.22 bits per heavy atom. The van der Waals surface area contributed by atoms with E-state index in [-0.39, 0.29) is 5.91 Å². The van der Waals surface area contributed by atoms with Crippen LogP contribution in [-0.2, 0) is 6.42 Å². The standard InChI is InChI=1S/C20H21N3O3S/c1-4-6-17-18(15-11-14(25-2)8-9-16(15)26-3)22-20(27-17)23-19(24)13-7-5-10-21-12-13/h5,7-12H,4,6H2,1-3H3,(H,22,23,24). The smallest absolute Gasteiger partial charge is 0.259 e. The molecule has 140 valence electrons. The number of nitrogens with one attached hydrogen (secondary N) is 1. The Morgan fingerprint density at radius 2 is 2.07 bits per heavy atom. The van der Waals surface area contributed by atoms with E-state index in [1.165, 1.54) is 17.5 Å². The molecule has 0 aliphatic carbocycles. The van der Waals surface area contributed by atoms with Gasteiger partial charge in [-0.05, 0) is 36.8 Å². The first kappa shape index (κ1) is 18.8. The average Bonchev–Trinajstić information content (AvgIpc) is 3.10. The summed E-state index contributed by atoms with van der Waals surface area (Å²) in [5.41, 5.74) is 2.14. The van der Waals surface area contributed by atoms with Crippen LogP contribution in [0, 0.1) is 0 Å². The van der Waals surface area contributed by atoms with E-state index in [4.69, 9.17) is 9.47 Å². The van der Waals surface area contributed by atoms with E-state index in [1.54, 1.807) is 32.5 Å². The fourth-order valence-electron chi connectivity index (χ4n) is 2.68. The number of anilines is 1. The second-order valence-corrected chi connectivity index (χ2v) is 6.89. The summed E-state index contributed by atoms with van der Waals surface area (Å²) < 4.78 is 10.9. The summed E-state index contributed by atoms with van der Waals surface area (Å²) in [4.78, 5) is 22.2. The van der Waals surface area contributed by atoms with Gasteiger partial charge in [-0.3, -0.25) is 15.1 Å². The largest absolute Gasteiger partial charge is 0.497 e. The monoisotopic (exact) mass is 383 g/mol. The van der Waals surface area contributed by atoms with Gasteiger partial charge in [0, 0.05) is 22.8 Å². The number of nitrogens with zero attached hydrogens (tertiary/aromatic N) is 2. The van der Waals surface area contributed by atoms with Gasteiger partial charge in [-0.25, -0.2) is 4.98 Å². The normalized spacial score (nSPS) is 10.5. The molecule has 2 heterocycles. The van der Waals surface area contributed by atoms with Gasteiger partial charge in [0.2, 0.25) is 0 Å². The van der Waals surface area contributed by atoms with E-state index in [9.17, 15) is 4.79 Å². The highest BCUT2D eigenvalue weighted by Gasteiger charge is 2.19. The van der Waals surface area contributed by atoms with Crippen molar-refractivity contribution >= 4 is 22.4 Å². The summed E-state index contributed by atoms with van der Waals surface area (Å²) in [5.74, 6) is 1.20. The minimum Gasteiger partial charge on any atom is -0.497 e. The molecule has 6 nitrogen and oxygen atoms in total. The predicted molar refractivity (Wildman–Crippen MR) is 107 cm³/mol. The molecule has 0 fully saturated rings. The number of benzene rings is 1. The van der Waals surface area contributed by atoms with Crippen LogP contribution in [0.15, 0.2) is 42.7 Å². The van der Waals surface area contributed by atoms with Crippen molar-refractivity contribution in [3.63, 3.8) is 0 Å². The van der Waals surface area contributed by atoms with E-state index in [0.29, 0.717) is 16.4 Å². The first-order chi connectivity index (χ1) is 13.2. The highest BCUT2D eigenvalue weighted by Crippen LogP contribution is 2.39. The number of rotatable bonds is 7. The number of aryl methyl sites for hydroxylation is 1. The van der Waals surface area contributed by atoms with Crippen molar-refractivity contribution < 1.29 is 14.3 Å². The van der Waals surface area contributed by atoms with Gasteiger partial charge in [0.1, 0.15) is 11.5 Å². The van der Waals surface area contributed by atoms with Crippen LogP contribution in [0.3, 0.4) is 0 Å². The molecule has 0 aliphatic rings. The van der Waals surface area contributed by atoms with E-state index in [2.05, 4.69) is 22.2 Å². The van der Waals surface area contributed by atoms with Crippen LogP contribution in [0.1, 0.15) is 28.6 Å². The number of ether oxygens (including phenoxy) is 2. The van der Waals surface area contributed by atoms with Crippen LogP contribution in [-0.4, -0.2) is 30.1 Å². The zero-order chi connectivity index (χ0) is 19.2. The molecule has 0 radical (unpaired) electrons. The molecule has 0 saturated carbocycles. The summed E-state index contributed by atoms with van der Waals surface area (Å²) in [6.07, 6.45) is 4.99. The molecule has 7 heteroatoms. The molecule has 0 saturated heterocycles. The molecule has 0 bridgehead atoms. The maximum Gasteiger partial charge on any atom is 0.259 e. The van der Waals surface area contributed by atoms with Crippen LogP contribution in [0.5, 0.6) is 11.5 Å². The molecule has 0 spiro atoms. The van der Waals surface area contributed by atoms with E-state index in [0.717, 1.165) is 34.7 Å². The number of hydrogen-bond acceptors (Lipinski definition) is 6. The van der Waals surface area contributed by atoms with Gasteiger partial charge < -0.3 is 9.47 Å². The second kappa shape index (κ2) is 8.64. The highest BCUT2D eigenvalue weighted by molar-refractivity contribution is 7.16. The molecule has 1 aromatic carbocycles. The maximum atomic E-state index is 12.4. The summed E-state index contributed by atoms with van der Waals surface area (Å²) in [7, 11) is 3.25. The second-order valence-electron chi connectivity index (χ2n) is 5.80. The molecule has 3 rings (SSSR count).